The summed E-state index contributed by atoms with van der Waals surface area (Å²) in [6.45, 7) is 1.91. The maximum absolute atomic E-state index is 11.5. The maximum atomic E-state index is 11.5. The molecule has 0 fully saturated rings. The number of alkyl halides is 1. The number of Topliss-reactive ketones (excluding diaryl/α,β-unsaturated/α-hetero) is 1. The lowest BCUT2D eigenvalue weighted by Gasteiger charge is -2.01. The number of hydrogen-bond acceptors (Lipinski definition) is 2. The summed E-state index contributed by atoms with van der Waals surface area (Å²) in [6, 6.07) is 1.84. The molecule has 0 unspecified atom stereocenters. The Balaban J connectivity index is 2.71. The van der Waals surface area contributed by atoms with E-state index in [4.69, 9.17) is 11.6 Å². The van der Waals surface area contributed by atoms with Crippen LogP contribution in [-0.2, 0) is 0 Å². The molecule has 2 nitrogen and oxygen atoms in total. The average molecular weight is 198 g/mol. The third kappa shape index (κ3) is 2.81. The van der Waals surface area contributed by atoms with Gasteiger partial charge in [0.1, 0.15) is 0 Å². The standard InChI is InChI=1S/C10H12ClNO/c1-8-4-6-12-7-9(8)10(13)3-2-5-11/h4,6-7H,2-3,5H2,1H3. The molecule has 0 N–H and O–H groups in total. The van der Waals surface area contributed by atoms with E-state index in [2.05, 4.69) is 4.98 Å². The van der Waals surface area contributed by atoms with Crippen molar-refractivity contribution in [2.24, 2.45) is 0 Å². The fourth-order valence-corrected chi connectivity index (χ4v) is 1.25. The van der Waals surface area contributed by atoms with Gasteiger partial charge in [-0.1, -0.05) is 0 Å². The summed E-state index contributed by atoms with van der Waals surface area (Å²) in [5.74, 6) is 0.664. The number of halogens is 1. The average Bonchev–Trinajstić information content (AvgIpc) is 2.15. The van der Waals surface area contributed by atoms with Gasteiger partial charge in [-0.3, -0.25) is 9.78 Å². The van der Waals surface area contributed by atoms with Crippen LogP contribution in [0.25, 0.3) is 0 Å². The first-order valence-electron chi connectivity index (χ1n) is 4.25. The molecule has 0 aliphatic heterocycles. The van der Waals surface area contributed by atoms with Gasteiger partial charge in [0.25, 0.3) is 0 Å². The second kappa shape index (κ2) is 4.97. The second-order valence-corrected chi connectivity index (χ2v) is 3.28. The Bertz CT molecular complexity index is 299. The highest BCUT2D eigenvalue weighted by Gasteiger charge is 2.07. The first-order valence-corrected chi connectivity index (χ1v) is 4.79. The van der Waals surface area contributed by atoms with Gasteiger partial charge in [0.05, 0.1) is 0 Å². The van der Waals surface area contributed by atoms with E-state index in [1.165, 1.54) is 0 Å². The van der Waals surface area contributed by atoms with E-state index in [1.54, 1.807) is 12.4 Å². The van der Waals surface area contributed by atoms with E-state index in [9.17, 15) is 4.79 Å². The number of nitrogens with zero attached hydrogens (tertiary/aromatic N) is 1. The van der Waals surface area contributed by atoms with E-state index in [-0.39, 0.29) is 5.78 Å². The van der Waals surface area contributed by atoms with Crippen molar-refractivity contribution in [3.63, 3.8) is 0 Å². The molecular weight excluding hydrogens is 186 g/mol. The number of carbonyl (C=O) groups excluding carboxylic acids is 1. The van der Waals surface area contributed by atoms with Crippen molar-refractivity contribution in [3.05, 3.63) is 29.6 Å². The molecule has 0 spiro atoms. The molecule has 1 aromatic heterocycles. The Morgan fingerprint density at radius 2 is 2.38 bits per heavy atom. The first-order chi connectivity index (χ1) is 6.25. The molecule has 0 amide bonds. The van der Waals surface area contributed by atoms with Gasteiger partial charge in [0, 0.05) is 30.3 Å². The van der Waals surface area contributed by atoms with Crippen LogP contribution >= 0.6 is 11.6 Å². The lowest BCUT2D eigenvalue weighted by molar-refractivity contribution is 0.0981. The van der Waals surface area contributed by atoms with Crippen LogP contribution in [0.15, 0.2) is 18.5 Å². The monoisotopic (exact) mass is 197 g/mol. The number of aryl methyl sites for hydroxylation is 1. The molecule has 0 aliphatic rings. The highest BCUT2D eigenvalue weighted by molar-refractivity contribution is 6.18. The molecule has 1 heterocycles. The fraction of sp³-hybridized carbons (Fsp3) is 0.400. The smallest absolute Gasteiger partial charge is 0.164 e. The summed E-state index contributed by atoms with van der Waals surface area (Å²) in [6.07, 6.45) is 4.55. The van der Waals surface area contributed by atoms with Gasteiger partial charge in [0.2, 0.25) is 0 Å². The van der Waals surface area contributed by atoms with Crippen LogP contribution in [0.3, 0.4) is 0 Å². The zero-order valence-corrected chi connectivity index (χ0v) is 8.34. The van der Waals surface area contributed by atoms with Gasteiger partial charge in [0.15, 0.2) is 5.78 Å². The SMILES string of the molecule is Cc1ccncc1C(=O)CCCCl. The summed E-state index contributed by atoms with van der Waals surface area (Å²) in [4.78, 5) is 15.4. The maximum Gasteiger partial charge on any atom is 0.164 e. The van der Waals surface area contributed by atoms with Gasteiger partial charge < -0.3 is 0 Å². The predicted octanol–water partition coefficient (Wildman–Crippen LogP) is 2.59. The molecule has 0 aromatic carbocycles. The first kappa shape index (κ1) is 10.2. The lowest BCUT2D eigenvalue weighted by atomic mass is 10.0. The van der Waals surface area contributed by atoms with E-state index in [0.717, 1.165) is 12.0 Å². The van der Waals surface area contributed by atoms with Crippen LogP contribution in [0.5, 0.6) is 0 Å². The summed E-state index contributed by atoms with van der Waals surface area (Å²) in [7, 11) is 0. The van der Waals surface area contributed by atoms with Crippen LogP contribution in [0.1, 0.15) is 28.8 Å². The molecule has 0 aliphatic carbocycles. The van der Waals surface area contributed by atoms with Crippen molar-refractivity contribution < 1.29 is 4.79 Å². The number of pyridine rings is 1. The molecule has 0 bridgehead atoms. The largest absolute Gasteiger partial charge is 0.294 e. The van der Waals surface area contributed by atoms with E-state index >= 15 is 0 Å². The Labute approximate surface area is 82.9 Å². The summed E-state index contributed by atoms with van der Waals surface area (Å²) >= 11 is 5.51. The van der Waals surface area contributed by atoms with Gasteiger partial charge in [-0.25, -0.2) is 0 Å². The van der Waals surface area contributed by atoms with Crippen LogP contribution in [0, 0.1) is 6.92 Å². The lowest BCUT2D eigenvalue weighted by Crippen LogP contribution is -2.02. The zero-order chi connectivity index (χ0) is 9.68. The van der Waals surface area contributed by atoms with E-state index in [0.29, 0.717) is 17.9 Å². The minimum atomic E-state index is 0.131. The van der Waals surface area contributed by atoms with Crippen molar-refractivity contribution in [2.75, 3.05) is 5.88 Å². The van der Waals surface area contributed by atoms with Crippen LogP contribution in [-0.4, -0.2) is 16.6 Å². The van der Waals surface area contributed by atoms with Crippen LogP contribution in [0.2, 0.25) is 0 Å². The highest BCUT2D eigenvalue weighted by atomic mass is 35.5. The highest BCUT2D eigenvalue weighted by Crippen LogP contribution is 2.09. The van der Waals surface area contributed by atoms with Gasteiger partial charge in [-0.2, -0.15) is 0 Å². The molecule has 3 heteroatoms. The number of ketones is 1. The number of hydrogen-bond donors (Lipinski definition) is 0. The number of carbonyl (C=O) groups is 1. The molecule has 0 saturated heterocycles. The Morgan fingerprint density at radius 1 is 1.62 bits per heavy atom. The second-order valence-electron chi connectivity index (χ2n) is 2.91. The number of rotatable bonds is 4. The van der Waals surface area contributed by atoms with E-state index < -0.39 is 0 Å². The normalized spacial score (nSPS) is 10.0. The van der Waals surface area contributed by atoms with Crippen LogP contribution in [0.4, 0.5) is 0 Å². The summed E-state index contributed by atoms with van der Waals surface area (Å²) < 4.78 is 0. The number of aromatic nitrogens is 1. The topological polar surface area (TPSA) is 30.0 Å². The van der Waals surface area contributed by atoms with Crippen molar-refractivity contribution in [1.82, 2.24) is 4.98 Å². The summed E-state index contributed by atoms with van der Waals surface area (Å²) in [5.41, 5.74) is 1.70. The van der Waals surface area contributed by atoms with E-state index in [1.807, 2.05) is 13.0 Å². The van der Waals surface area contributed by atoms with Crippen molar-refractivity contribution in [3.8, 4) is 0 Å². The Hall–Kier alpha value is -0.890. The minimum Gasteiger partial charge on any atom is -0.294 e. The van der Waals surface area contributed by atoms with Crippen molar-refractivity contribution in [1.29, 1.82) is 0 Å². The summed E-state index contributed by atoms with van der Waals surface area (Å²) in [5, 5.41) is 0. The third-order valence-corrected chi connectivity index (χ3v) is 2.14. The molecule has 70 valence electrons. The van der Waals surface area contributed by atoms with Gasteiger partial charge >= 0.3 is 0 Å². The third-order valence-electron chi connectivity index (χ3n) is 1.88. The minimum absolute atomic E-state index is 0.131. The predicted molar refractivity (Wildman–Crippen MR) is 53.3 cm³/mol. The van der Waals surface area contributed by atoms with Crippen molar-refractivity contribution in [2.45, 2.75) is 19.8 Å². The molecule has 0 saturated carbocycles. The molecule has 0 atom stereocenters. The quantitative estimate of drug-likeness (QED) is 0.549. The van der Waals surface area contributed by atoms with Gasteiger partial charge in [-0.15, -0.1) is 11.6 Å². The Morgan fingerprint density at radius 3 is 3.00 bits per heavy atom. The zero-order valence-electron chi connectivity index (χ0n) is 7.59. The van der Waals surface area contributed by atoms with Crippen LogP contribution < -0.4 is 0 Å². The molecular formula is C10H12ClNO. The molecule has 13 heavy (non-hydrogen) atoms. The molecule has 1 rings (SSSR count). The molecule has 0 radical (unpaired) electrons. The Kier molecular flexibility index (Phi) is 3.90. The fourth-order valence-electron chi connectivity index (χ4n) is 1.12. The van der Waals surface area contributed by atoms with Crippen molar-refractivity contribution >= 4 is 17.4 Å². The van der Waals surface area contributed by atoms with Gasteiger partial charge in [-0.05, 0) is 25.0 Å². The molecule has 1 aromatic rings.